The molecule has 0 aliphatic rings. The second-order valence-corrected chi connectivity index (χ2v) is 2.68. The van der Waals surface area contributed by atoms with Crippen molar-refractivity contribution < 1.29 is 96.7 Å². The average Bonchev–Trinajstić information content (AvgIpc) is 1.12. The fourth-order valence-corrected chi connectivity index (χ4v) is 0. The average molecular weight is 692 g/mol. The Kier molecular flexibility index (Phi) is 32.2. The third-order valence-electron chi connectivity index (χ3n) is 0. The maximum absolute atomic E-state index is 8.55. The summed E-state index contributed by atoms with van der Waals surface area (Å²) in [5, 5.41) is 0. The van der Waals surface area contributed by atoms with E-state index in [-0.39, 0.29) is 112 Å². The number of hydrogen-bond acceptors (Lipinski definition) is 8. The largest absolute Gasteiger partial charge is 3.00 e. The van der Waals surface area contributed by atoms with Crippen molar-refractivity contribution in [2.24, 2.45) is 0 Å². The van der Waals surface area contributed by atoms with Gasteiger partial charge in [-0.25, -0.2) is 0 Å². The van der Waals surface area contributed by atoms with Crippen molar-refractivity contribution >= 4 is 69.1 Å². The van der Waals surface area contributed by atoms with E-state index in [0.29, 0.717) is 0 Å². The Hall–Kier alpha value is 3.83. The molecule has 0 saturated carbocycles. The number of phosphoric acid groups is 2. The van der Waals surface area contributed by atoms with Gasteiger partial charge in [0, 0.05) is 0 Å². The minimum Gasteiger partial charge on any atom is -0.822 e. The molecule has 0 N–H and O–H groups in total. The molecule has 0 bridgehead atoms. The van der Waals surface area contributed by atoms with Gasteiger partial charge >= 0.3 is 112 Å². The molecule has 0 heterocycles. The van der Waals surface area contributed by atoms with Crippen molar-refractivity contribution in [3.05, 3.63) is 0 Å². The normalized spacial score (nSPS) is 9.08. The molecule has 13 heavy (non-hydrogen) atoms. The van der Waals surface area contributed by atoms with Gasteiger partial charge in [0.2, 0.25) is 0 Å². The van der Waals surface area contributed by atoms with Gasteiger partial charge < -0.3 is 38.5 Å². The number of hydrogen-bond donors (Lipinski definition) is 0. The fraction of sp³-hybridized carbons (Fsp3) is 0. The Morgan fingerprint density at radius 1 is 0.692 bits per heavy atom. The van der Waals surface area contributed by atoms with Crippen LogP contribution in [0.4, 0.5) is 0 Å². The molecule has 0 aromatic carbocycles. The molecule has 0 amide bonds. The molecular formula is BiO8P2PbRb. The van der Waals surface area contributed by atoms with Crippen LogP contribution in [0.25, 0.3) is 0 Å². The van der Waals surface area contributed by atoms with Crippen LogP contribution in [0, 0.1) is 0 Å². The molecule has 0 aromatic heterocycles. The molecule has 0 aromatic rings. The van der Waals surface area contributed by atoms with Crippen molar-refractivity contribution in [3.8, 4) is 0 Å². The van der Waals surface area contributed by atoms with E-state index in [1.807, 2.05) is 0 Å². The molecule has 0 unspecified atom stereocenters. The summed E-state index contributed by atoms with van der Waals surface area (Å²) < 4.78 is 17.1. The molecule has 4 radical (unpaired) electrons. The minimum absolute atomic E-state index is 0. The molecule has 0 aliphatic carbocycles. The second-order valence-electron chi connectivity index (χ2n) is 0.894. The topological polar surface area (TPSA) is 172 Å². The molecule has 0 atom stereocenters. The predicted octanol–water partition coefficient (Wildman–Crippen LogP) is -9.41. The monoisotopic (exact) mass is 692 g/mol. The second kappa shape index (κ2) is 13.9. The van der Waals surface area contributed by atoms with Crippen LogP contribution in [-0.2, 0) is 9.13 Å². The standard InChI is InChI=1S/Bi.2H3O4P.Pb.Rb/c;2*1-5(2,3)4;;/h;2*(H3,1,2,3,4);;/q+3;;;+2;+1/p-6. The van der Waals surface area contributed by atoms with Gasteiger partial charge in [-0.15, -0.1) is 0 Å². The maximum atomic E-state index is 8.55. The summed E-state index contributed by atoms with van der Waals surface area (Å²) in [6, 6.07) is 0. The molecular weight excluding hydrogens is 692 g/mol. The van der Waals surface area contributed by atoms with Gasteiger partial charge in [0.1, 0.15) is 0 Å². The van der Waals surface area contributed by atoms with E-state index in [2.05, 4.69) is 0 Å². The van der Waals surface area contributed by atoms with E-state index >= 15 is 0 Å². The van der Waals surface area contributed by atoms with Crippen LogP contribution in [0.3, 0.4) is 0 Å². The van der Waals surface area contributed by atoms with Gasteiger partial charge in [0.15, 0.2) is 0 Å². The van der Waals surface area contributed by atoms with Gasteiger partial charge in [-0.05, 0) is 0 Å². The van der Waals surface area contributed by atoms with Crippen LogP contribution < -0.4 is 87.5 Å². The first-order valence-corrected chi connectivity index (χ1v) is 4.38. The van der Waals surface area contributed by atoms with Crippen LogP contribution in [0.15, 0.2) is 0 Å². The van der Waals surface area contributed by atoms with Crippen molar-refractivity contribution in [1.82, 2.24) is 0 Å². The molecule has 0 saturated heterocycles. The smallest absolute Gasteiger partial charge is 0.822 e. The van der Waals surface area contributed by atoms with E-state index in [4.69, 9.17) is 38.5 Å². The summed E-state index contributed by atoms with van der Waals surface area (Å²) in [7, 11) is -10.8. The van der Waals surface area contributed by atoms with Gasteiger partial charge in [-0.3, -0.25) is 0 Å². The maximum Gasteiger partial charge on any atom is 3.00 e. The zero-order chi connectivity index (χ0) is 9.00. The summed E-state index contributed by atoms with van der Waals surface area (Å²) in [6.45, 7) is 0. The Morgan fingerprint density at radius 3 is 0.692 bits per heavy atom. The van der Waals surface area contributed by atoms with E-state index < -0.39 is 15.6 Å². The summed E-state index contributed by atoms with van der Waals surface area (Å²) >= 11 is 0. The zero-order valence-electron chi connectivity index (χ0n) is 6.11. The molecule has 0 aliphatic heterocycles. The molecule has 8 nitrogen and oxygen atoms in total. The van der Waals surface area contributed by atoms with Crippen molar-refractivity contribution in [2.75, 3.05) is 0 Å². The van der Waals surface area contributed by atoms with Crippen LogP contribution in [0.1, 0.15) is 0 Å². The van der Waals surface area contributed by atoms with E-state index in [1.165, 1.54) is 0 Å². The van der Waals surface area contributed by atoms with E-state index in [9.17, 15) is 0 Å². The van der Waals surface area contributed by atoms with Crippen LogP contribution in [0.2, 0.25) is 0 Å². The Bertz CT molecular complexity index is 134. The minimum atomic E-state index is -5.39. The van der Waals surface area contributed by atoms with Gasteiger partial charge in [-0.1, -0.05) is 0 Å². The Morgan fingerprint density at radius 2 is 0.692 bits per heavy atom. The van der Waals surface area contributed by atoms with Gasteiger partial charge in [-0.2, -0.15) is 15.6 Å². The Labute approximate surface area is 162 Å². The molecule has 68 valence electrons. The molecule has 13 heteroatoms. The van der Waals surface area contributed by atoms with Crippen molar-refractivity contribution in [1.29, 1.82) is 0 Å². The number of rotatable bonds is 0. The molecule has 0 rings (SSSR count). The summed E-state index contributed by atoms with van der Waals surface area (Å²) in [5.74, 6) is 0. The summed E-state index contributed by atoms with van der Waals surface area (Å²) in [6.07, 6.45) is 0. The van der Waals surface area contributed by atoms with Gasteiger partial charge in [0.05, 0.1) is 0 Å². The van der Waals surface area contributed by atoms with Crippen molar-refractivity contribution in [3.63, 3.8) is 0 Å². The molecule has 0 spiro atoms. The first kappa shape index (κ1) is 30.1. The summed E-state index contributed by atoms with van der Waals surface area (Å²) in [4.78, 5) is 51.3. The third-order valence-corrected chi connectivity index (χ3v) is 0. The predicted molar refractivity (Wildman–Crippen MR) is 26.7 cm³/mol. The SMILES string of the molecule is O=P([O-])([O-])[O-].O=P([O-])([O-])[O-].[Bi+3].[Pb+2].[Rb+]. The van der Waals surface area contributed by atoms with E-state index in [1.54, 1.807) is 0 Å². The van der Waals surface area contributed by atoms with Crippen molar-refractivity contribution in [2.45, 2.75) is 0 Å². The zero-order valence-corrected chi connectivity index (χ0v) is 20.2. The Balaban J connectivity index is -0.0000000267. The first-order chi connectivity index (χ1) is 4.00. The first-order valence-electron chi connectivity index (χ1n) is 1.46. The van der Waals surface area contributed by atoms with Crippen LogP contribution >= 0.6 is 15.6 Å². The quantitative estimate of drug-likeness (QED) is 0.178. The van der Waals surface area contributed by atoms with Gasteiger partial charge in [0.25, 0.3) is 0 Å². The third kappa shape index (κ3) is 206. The summed E-state index contributed by atoms with van der Waals surface area (Å²) in [5.41, 5.74) is 0. The fourth-order valence-electron chi connectivity index (χ4n) is 0. The van der Waals surface area contributed by atoms with Crippen LogP contribution in [0.5, 0.6) is 0 Å². The molecule has 0 fully saturated rings. The van der Waals surface area contributed by atoms with Crippen LogP contribution in [-0.4, -0.2) is 53.5 Å². The van der Waals surface area contributed by atoms with E-state index in [0.717, 1.165) is 0 Å².